The van der Waals surface area contributed by atoms with Crippen LogP contribution in [0, 0.1) is 5.41 Å². The van der Waals surface area contributed by atoms with Crippen molar-refractivity contribution in [3.8, 4) is 6.01 Å². The second-order valence-corrected chi connectivity index (χ2v) is 16.5. The Kier molecular flexibility index (Phi) is 20.5. The van der Waals surface area contributed by atoms with Gasteiger partial charge in [0.2, 0.25) is 16.7 Å². The first-order valence-electron chi connectivity index (χ1n) is 15.5. The van der Waals surface area contributed by atoms with E-state index in [2.05, 4.69) is 24.9 Å². The van der Waals surface area contributed by atoms with E-state index in [0.717, 1.165) is 0 Å². The number of aliphatic imine (C=N–C) groups is 2. The minimum absolute atomic E-state index is 0.0277. The van der Waals surface area contributed by atoms with E-state index in [9.17, 15) is 18.3 Å². The Morgan fingerprint density at radius 2 is 0.959 bits per heavy atom. The molecule has 0 aromatic carbocycles. The molecule has 1 aromatic rings. The molecular weight excluding hydrogens is 732 g/mol. The number of hydrogen-bond acceptors (Lipinski definition) is 18. The maximum Gasteiger partial charge on any atom is 0.398 e. The van der Waals surface area contributed by atoms with Crippen LogP contribution in [0.15, 0.2) is 9.98 Å². The van der Waals surface area contributed by atoms with E-state index < -0.39 is 59.1 Å². The van der Waals surface area contributed by atoms with Crippen molar-refractivity contribution in [2.75, 3.05) is 66.1 Å². The van der Waals surface area contributed by atoms with Crippen molar-refractivity contribution in [1.82, 2.24) is 15.0 Å². The van der Waals surface area contributed by atoms with Gasteiger partial charge >= 0.3 is 42.4 Å². The quantitative estimate of drug-likeness (QED) is 0.0605. The van der Waals surface area contributed by atoms with E-state index in [4.69, 9.17) is 51.1 Å². The molecule has 1 aromatic heterocycles. The molecule has 0 bridgehead atoms. The molecule has 1 heterocycles. The first-order chi connectivity index (χ1) is 23.2. The summed E-state index contributed by atoms with van der Waals surface area (Å²) < 4.78 is 107. The van der Waals surface area contributed by atoms with Gasteiger partial charge in [-0.1, -0.05) is 0 Å². The molecule has 0 spiro atoms. The fourth-order valence-electron chi connectivity index (χ4n) is 3.40. The standard InChI is InChI=1S/C25H48N6O14P4/c1-10-38-46(32,39-11-2)20(9)27-22(28-21(26)47(33,40-12-3)41-13-4)36-18-19-37-23-29-24(48(34,42-14-5)43-15-6)31-25(30-23)49(35,44-16-7)45-17-8/h26H,10-19H2,1-9H3/b26-21?,27-20+,28-22+. The molecule has 0 aliphatic carbocycles. The van der Waals surface area contributed by atoms with Gasteiger partial charge < -0.3 is 45.7 Å². The minimum Gasteiger partial charge on any atom is -0.460 e. The Morgan fingerprint density at radius 3 is 1.35 bits per heavy atom. The summed E-state index contributed by atoms with van der Waals surface area (Å²) in [6, 6.07) is -1.06. The van der Waals surface area contributed by atoms with Crippen LogP contribution in [0.2, 0.25) is 0 Å². The van der Waals surface area contributed by atoms with Crippen molar-refractivity contribution in [2.45, 2.75) is 62.3 Å². The molecular formula is C25H48N6O14P4. The molecule has 0 saturated carbocycles. The Labute approximate surface area is 287 Å². The normalized spacial score (nSPS) is 13.5. The molecule has 49 heavy (non-hydrogen) atoms. The van der Waals surface area contributed by atoms with Crippen molar-refractivity contribution in [3.63, 3.8) is 0 Å². The Morgan fingerprint density at radius 1 is 0.571 bits per heavy atom. The van der Waals surface area contributed by atoms with Crippen LogP contribution in [0.25, 0.3) is 0 Å². The van der Waals surface area contributed by atoms with Crippen LogP contribution in [-0.4, -0.2) is 98.1 Å². The molecule has 0 unspecified atom stereocenters. The molecule has 0 aliphatic heterocycles. The van der Waals surface area contributed by atoms with Crippen molar-refractivity contribution < 1.29 is 63.9 Å². The predicted molar refractivity (Wildman–Crippen MR) is 182 cm³/mol. The predicted octanol–water partition coefficient (Wildman–Crippen LogP) is 5.29. The molecule has 0 radical (unpaired) electrons. The lowest BCUT2D eigenvalue weighted by Crippen LogP contribution is -2.30. The monoisotopic (exact) mass is 780 g/mol. The topological polar surface area (TPSA) is 248 Å². The molecule has 20 nitrogen and oxygen atoms in total. The molecule has 1 rings (SSSR count). The highest BCUT2D eigenvalue weighted by atomic mass is 31.2. The lowest BCUT2D eigenvalue weighted by molar-refractivity contribution is 0.195. The largest absolute Gasteiger partial charge is 0.460 e. The van der Waals surface area contributed by atoms with Crippen molar-refractivity contribution >= 4 is 58.6 Å². The lowest BCUT2D eigenvalue weighted by Gasteiger charge is -2.19. The lowest BCUT2D eigenvalue weighted by atomic mass is 10.7. The Hall–Kier alpha value is -1.78. The number of rotatable bonds is 24. The van der Waals surface area contributed by atoms with Gasteiger partial charge in [0.25, 0.3) is 0 Å². The first-order valence-corrected chi connectivity index (χ1v) is 21.7. The molecule has 282 valence electrons. The SMILES string of the molecule is CCOP(=O)(OCC)C(=N)/N=C(\N=C(/C)P(=O)(OCC)OCC)OCCOc1nc(P(=O)(OCC)OCC)nc(P(=O)(OCC)OCC)n1. The number of ether oxygens (including phenoxy) is 2. The van der Waals surface area contributed by atoms with Crippen LogP contribution in [0.5, 0.6) is 6.01 Å². The highest BCUT2D eigenvalue weighted by Gasteiger charge is 2.38. The Bertz CT molecular complexity index is 1370. The third kappa shape index (κ3) is 13.7. The van der Waals surface area contributed by atoms with Crippen LogP contribution in [-0.2, 0) is 59.2 Å². The van der Waals surface area contributed by atoms with E-state index in [1.54, 1.807) is 55.4 Å². The highest BCUT2D eigenvalue weighted by Crippen LogP contribution is 2.51. The average Bonchev–Trinajstić information content (AvgIpc) is 3.03. The molecule has 0 saturated heterocycles. The fraction of sp³-hybridized carbons (Fsp3) is 0.760. The van der Waals surface area contributed by atoms with Gasteiger partial charge in [0, 0.05) is 0 Å². The van der Waals surface area contributed by atoms with Crippen molar-refractivity contribution in [3.05, 3.63) is 0 Å². The smallest absolute Gasteiger partial charge is 0.398 e. The molecule has 24 heteroatoms. The zero-order chi connectivity index (χ0) is 37.1. The van der Waals surface area contributed by atoms with Crippen LogP contribution < -0.4 is 15.9 Å². The second-order valence-electron chi connectivity index (χ2n) is 8.62. The van der Waals surface area contributed by atoms with Gasteiger partial charge in [-0.3, -0.25) is 23.7 Å². The first kappa shape index (κ1) is 45.2. The summed E-state index contributed by atoms with van der Waals surface area (Å²) in [5.41, 5.74) is -2.03. The van der Waals surface area contributed by atoms with Crippen molar-refractivity contribution in [2.24, 2.45) is 9.98 Å². The minimum atomic E-state index is -4.17. The second kappa shape index (κ2) is 22.2. The van der Waals surface area contributed by atoms with Gasteiger partial charge in [-0.2, -0.15) is 24.9 Å². The summed E-state index contributed by atoms with van der Waals surface area (Å²) >= 11 is 0. The number of nitrogens with one attached hydrogen (secondary N) is 1. The average molecular weight is 781 g/mol. The van der Waals surface area contributed by atoms with Gasteiger partial charge in [0.1, 0.15) is 18.7 Å². The van der Waals surface area contributed by atoms with Crippen molar-refractivity contribution in [1.29, 1.82) is 5.41 Å². The molecule has 0 atom stereocenters. The maximum atomic E-state index is 13.5. The summed E-state index contributed by atoms with van der Waals surface area (Å²) in [4.78, 5) is 20.2. The number of hydrogen-bond donors (Lipinski definition) is 1. The third-order valence-electron chi connectivity index (χ3n) is 5.13. The molecule has 0 amide bonds. The van der Waals surface area contributed by atoms with Crippen LogP contribution in [0.1, 0.15) is 62.3 Å². The highest BCUT2D eigenvalue weighted by molar-refractivity contribution is 7.72. The number of nitrogens with zero attached hydrogens (tertiary/aromatic N) is 5. The summed E-state index contributed by atoms with van der Waals surface area (Å²) in [5, 5.41) is 8.32. The van der Waals surface area contributed by atoms with Gasteiger partial charge in [-0.25, -0.2) is 0 Å². The van der Waals surface area contributed by atoms with Gasteiger partial charge in [-0.05, 0) is 62.3 Å². The van der Waals surface area contributed by atoms with E-state index in [1.165, 1.54) is 6.92 Å². The van der Waals surface area contributed by atoms with Gasteiger partial charge in [0.15, 0.2) is 0 Å². The maximum absolute atomic E-state index is 13.5. The molecule has 0 aliphatic rings. The van der Waals surface area contributed by atoms with Crippen LogP contribution >= 0.6 is 30.4 Å². The summed E-state index contributed by atoms with van der Waals surface area (Å²) in [7, 11) is -16.4. The number of amidine groups is 2. The Balaban J connectivity index is 3.57. The molecule has 0 fully saturated rings. The number of aromatic nitrogens is 3. The zero-order valence-electron chi connectivity index (χ0n) is 29.3. The van der Waals surface area contributed by atoms with E-state index >= 15 is 0 Å². The van der Waals surface area contributed by atoms with Gasteiger partial charge in [0.05, 0.1) is 52.9 Å². The summed E-state index contributed by atoms with van der Waals surface area (Å²) in [6.07, 6.45) is 0. The molecule has 1 N–H and O–H groups in total. The van der Waals surface area contributed by atoms with Gasteiger partial charge in [-0.15, -0.1) is 0 Å². The van der Waals surface area contributed by atoms with Crippen LogP contribution in [0.3, 0.4) is 0 Å². The zero-order valence-corrected chi connectivity index (χ0v) is 32.9. The summed E-state index contributed by atoms with van der Waals surface area (Å²) in [6.45, 7) is 13.1. The van der Waals surface area contributed by atoms with Crippen LogP contribution in [0.4, 0.5) is 0 Å². The van der Waals surface area contributed by atoms with E-state index in [-0.39, 0.29) is 71.5 Å². The third-order valence-corrected chi connectivity index (χ3v) is 12.8. The summed E-state index contributed by atoms with van der Waals surface area (Å²) in [5.74, 6) is 0. The van der Waals surface area contributed by atoms with E-state index in [0.29, 0.717) is 0 Å². The fourth-order valence-corrected chi connectivity index (χ4v) is 8.84. The van der Waals surface area contributed by atoms with E-state index in [1.807, 2.05) is 0 Å².